The molecule has 2 aliphatic heterocycles. The number of aromatic nitrogens is 1. The second-order valence-corrected chi connectivity index (χ2v) is 13.2. The fraction of sp³-hybridized carbons (Fsp3) is 0.486. The fourth-order valence-corrected chi connectivity index (χ4v) is 6.70. The van der Waals surface area contributed by atoms with Gasteiger partial charge >= 0.3 is 0 Å². The first-order valence-corrected chi connectivity index (χ1v) is 17.0. The third kappa shape index (κ3) is 8.13. The minimum atomic E-state index is -0.654. The molecule has 240 valence electrons. The molecule has 0 bridgehead atoms. The van der Waals surface area contributed by atoms with Gasteiger partial charge in [-0.15, -0.1) is 0 Å². The molecule has 7 nitrogen and oxygen atoms in total. The predicted molar refractivity (Wildman–Crippen MR) is 183 cm³/mol. The van der Waals surface area contributed by atoms with Gasteiger partial charge in [0.1, 0.15) is 11.9 Å². The number of aryl methyl sites for hydroxylation is 2. The minimum absolute atomic E-state index is 0.000726. The third-order valence-corrected chi connectivity index (χ3v) is 9.47. The second-order valence-electron chi connectivity index (χ2n) is 12.8. The molecule has 2 aromatic carbocycles. The van der Waals surface area contributed by atoms with E-state index in [1.807, 2.05) is 62.3 Å². The summed E-state index contributed by atoms with van der Waals surface area (Å²) >= 11 is 6.23. The molecule has 0 spiro atoms. The topological polar surface area (TPSA) is 77.6 Å². The van der Waals surface area contributed by atoms with E-state index in [0.29, 0.717) is 17.3 Å². The van der Waals surface area contributed by atoms with Crippen LogP contribution in [0, 0.1) is 6.92 Å². The Balaban J connectivity index is 0.00000128. The molecule has 45 heavy (non-hydrogen) atoms. The van der Waals surface area contributed by atoms with Crippen LogP contribution in [0.25, 0.3) is 0 Å². The molecule has 0 radical (unpaired) electrons. The number of unbranched alkanes of at least 4 members (excludes halogenated alkanes) is 2. The number of nitrogens with zero attached hydrogens (tertiary/aromatic N) is 3. The summed E-state index contributed by atoms with van der Waals surface area (Å²) < 4.78 is 0. The van der Waals surface area contributed by atoms with Crippen molar-refractivity contribution >= 4 is 29.2 Å². The van der Waals surface area contributed by atoms with Crippen molar-refractivity contribution in [2.24, 2.45) is 0 Å². The van der Waals surface area contributed by atoms with E-state index < -0.39 is 6.04 Å². The van der Waals surface area contributed by atoms with Crippen molar-refractivity contribution in [2.75, 3.05) is 32.5 Å². The van der Waals surface area contributed by atoms with Crippen LogP contribution >= 0.6 is 11.6 Å². The number of pyridine rings is 1. The van der Waals surface area contributed by atoms with E-state index in [4.69, 9.17) is 16.6 Å². The molecule has 1 unspecified atom stereocenters. The Kier molecular flexibility index (Phi) is 11.3. The molecule has 1 saturated carbocycles. The van der Waals surface area contributed by atoms with Gasteiger partial charge in [0, 0.05) is 47.9 Å². The zero-order chi connectivity index (χ0) is 31.9. The number of benzene rings is 2. The van der Waals surface area contributed by atoms with Gasteiger partial charge in [0.05, 0.1) is 0 Å². The van der Waals surface area contributed by atoms with Crippen molar-refractivity contribution in [2.45, 2.75) is 89.8 Å². The number of hydrogen-bond acceptors (Lipinski definition) is 5. The summed E-state index contributed by atoms with van der Waals surface area (Å²) in [4.78, 5) is 36.9. The van der Waals surface area contributed by atoms with Crippen LogP contribution in [0.4, 0.5) is 5.82 Å². The first-order valence-electron chi connectivity index (χ1n) is 16.6. The molecule has 2 N–H and O–H groups in total. The van der Waals surface area contributed by atoms with Crippen LogP contribution in [0.15, 0.2) is 54.6 Å². The van der Waals surface area contributed by atoms with Crippen LogP contribution < -0.4 is 10.6 Å². The molecule has 1 aromatic heterocycles. The normalized spacial score (nSPS) is 18.4. The number of anilines is 1. The number of carbonyl (C=O) groups is 2. The highest BCUT2D eigenvalue weighted by Crippen LogP contribution is 2.41. The Morgan fingerprint density at radius 2 is 1.71 bits per heavy atom. The van der Waals surface area contributed by atoms with Gasteiger partial charge in [-0.2, -0.15) is 0 Å². The van der Waals surface area contributed by atoms with Crippen LogP contribution in [0.1, 0.15) is 102 Å². The Bertz CT molecular complexity index is 1480. The molecule has 2 fully saturated rings. The SMILES string of the molecule is CCCCCc1cc(NC(=O)C2c3ccccc3C(=O)N2C2CCN(Cc3ccc(Cl)c(C)c3)CC2)nc(C2CC2)c1.CNC. The first-order chi connectivity index (χ1) is 21.8. The highest BCUT2D eigenvalue weighted by atomic mass is 35.5. The number of carbonyl (C=O) groups excluding carboxylic acids is 2. The summed E-state index contributed by atoms with van der Waals surface area (Å²) in [6.07, 6.45) is 8.46. The van der Waals surface area contributed by atoms with Crippen LogP contribution in [-0.4, -0.2) is 59.8 Å². The summed E-state index contributed by atoms with van der Waals surface area (Å²) in [5, 5.41) is 6.69. The molecule has 1 saturated heterocycles. The van der Waals surface area contributed by atoms with E-state index >= 15 is 0 Å². The summed E-state index contributed by atoms with van der Waals surface area (Å²) in [7, 11) is 3.75. The molecule has 1 atom stereocenters. The number of halogens is 1. The molecule has 6 rings (SSSR count). The smallest absolute Gasteiger partial charge is 0.255 e. The fourth-order valence-electron chi connectivity index (χ4n) is 6.58. The molecule has 1 aliphatic carbocycles. The summed E-state index contributed by atoms with van der Waals surface area (Å²) in [5.74, 6) is 0.893. The van der Waals surface area contributed by atoms with Gasteiger partial charge in [-0.25, -0.2) is 4.98 Å². The van der Waals surface area contributed by atoms with Gasteiger partial charge in [0.15, 0.2) is 0 Å². The van der Waals surface area contributed by atoms with Gasteiger partial charge in [0.25, 0.3) is 11.8 Å². The van der Waals surface area contributed by atoms with E-state index in [1.165, 1.54) is 24.0 Å². The van der Waals surface area contributed by atoms with E-state index in [-0.39, 0.29) is 17.9 Å². The van der Waals surface area contributed by atoms with Crippen molar-refractivity contribution in [1.82, 2.24) is 20.1 Å². The number of piperidine rings is 1. The second kappa shape index (κ2) is 15.4. The van der Waals surface area contributed by atoms with Crippen LogP contribution in [0.2, 0.25) is 5.02 Å². The summed E-state index contributed by atoms with van der Waals surface area (Å²) in [6, 6.07) is 17.4. The quantitative estimate of drug-likeness (QED) is 0.230. The summed E-state index contributed by atoms with van der Waals surface area (Å²) in [5.41, 5.74) is 6.08. The zero-order valence-corrected chi connectivity index (χ0v) is 28.0. The van der Waals surface area contributed by atoms with Crippen molar-refractivity contribution in [3.63, 3.8) is 0 Å². The Morgan fingerprint density at radius 1 is 0.978 bits per heavy atom. The first kappa shape index (κ1) is 33.1. The van der Waals surface area contributed by atoms with E-state index in [0.717, 1.165) is 80.0 Å². The third-order valence-electron chi connectivity index (χ3n) is 9.05. The van der Waals surface area contributed by atoms with Crippen molar-refractivity contribution in [3.8, 4) is 0 Å². The van der Waals surface area contributed by atoms with Gasteiger partial charge < -0.3 is 15.5 Å². The summed E-state index contributed by atoms with van der Waals surface area (Å²) in [6.45, 7) is 6.84. The monoisotopic (exact) mass is 629 g/mol. The molecule has 8 heteroatoms. The Morgan fingerprint density at radius 3 is 2.40 bits per heavy atom. The molecule has 3 aliphatic rings. The lowest BCUT2D eigenvalue weighted by Crippen LogP contribution is -2.48. The number of likely N-dealkylation sites (tertiary alicyclic amines) is 1. The Labute approximate surface area is 273 Å². The highest BCUT2D eigenvalue weighted by molar-refractivity contribution is 6.31. The number of amides is 2. The maximum Gasteiger partial charge on any atom is 0.255 e. The Hall–Kier alpha value is -3.26. The molecule has 3 aromatic rings. The maximum atomic E-state index is 14.0. The lowest BCUT2D eigenvalue weighted by atomic mass is 9.99. The molecular formula is C37H48ClN5O2. The number of fused-ring (bicyclic) bond motifs is 1. The van der Waals surface area contributed by atoms with Gasteiger partial charge in [-0.05, 0) is 106 Å². The number of hydrogen-bond donors (Lipinski definition) is 2. The van der Waals surface area contributed by atoms with Gasteiger partial charge in [0.2, 0.25) is 0 Å². The van der Waals surface area contributed by atoms with E-state index in [9.17, 15) is 9.59 Å². The van der Waals surface area contributed by atoms with Crippen molar-refractivity contribution in [1.29, 1.82) is 0 Å². The number of nitrogens with one attached hydrogen (secondary N) is 2. The predicted octanol–water partition coefficient (Wildman–Crippen LogP) is 7.29. The van der Waals surface area contributed by atoms with Crippen LogP contribution in [-0.2, 0) is 17.8 Å². The average Bonchev–Trinajstić information content (AvgIpc) is 3.84. The standard InChI is InChI=1S/C35H41ClN4O2.C2H7N/c1-3-4-5-8-24-20-31(26-12-13-26)37-32(21-24)38-34(41)33-28-9-6-7-10-29(28)35(42)40(33)27-15-17-39(18-16-27)22-25-11-14-30(36)23(2)19-25;1-3-2/h6-7,9-11,14,19-21,26-27,33H,3-5,8,12-13,15-18,22H2,1-2H3,(H,37,38,41);3H,1-2H3. The van der Waals surface area contributed by atoms with Crippen LogP contribution in [0.5, 0.6) is 0 Å². The van der Waals surface area contributed by atoms with Crippen molar-refractivity contribution < 1.29 is 9.59 Å². The molecule has 2 amide bonds. The maximum absolute atomic E-state index is 14.0. The average molecular weight is 630 g/mol. The van der Waals surface area contributed by atoms with Gasteiger partial charge in [-0.1, -0.05) is 61.7 Å². The zero-order valence-electron chi connectivity index (χ0n) is 27.2. The molecule has 3 heterocycles. The number of rotatable bonds is 10. The lowest BCUT2D eigenvalue weighted by Gasteiger charge is -2.39. The van der Waals surface area contributed by atoms with E-state index in [2.05, 4.69) is 40.7 Å². The van der Waals surface area contributed by atoms with Gasteiger partial charge in [-0.3, -0.25) is 14.5 Å². The van der Waals surface area contributed by atoms with Crippen LogP contribution in [0.3, 0.4) is 0 Å². The highest BCUT2D eigenvalue weighted by Gasteiger charge is 2.45. The lowest BCUT2D eigenvalue weighted by molar-refractivity contribution is -0.121. The largest absolute Gasteiger partial charge is 0.323 e. The van der Waals surface area contributed by atoms with E-state index in [1.54, 1.807) is 0 Å². The molecular weight excluding hydrogens is 582 g/mol. The minimum Gasteiger partial charge on any atom is -0.323 e. The van der Waals surface area contributed by atoms with Crippen molar-refractivity contribution in [3.05, 3.63) is 93.1 Å².